The number of aliphatic hydroxyl groups excluding tert-OH is 1. The third-order valence-corrected chi connectivity index (χ3v) is 8.86. The van der Waals surface area contributed by atoms with Crippen molar-refractivity contribution in [1.82, 2.24) is 9.88 Å². The molecule has 2 aliphatic carbocycles. The molecule has 6 heteroatoms. The van der Waals surface area contributed by atoms with Crippen LogP contribution in [0.5, 0.6) is 0 Å². The number of amides is 1. The van der Waals surface area contributed by atoms with Crippen molar-refractivity contribution in [2.45, 2.75) is 85.7 Å². The number of thiazole rings is 1. The molecule has 5 nitrogen and oxygen atoms in total. The molecule has 1 fully saturated rings. The quantitative estimate of drug-likeness (QED) is 0.569. The summed E-state index contributed by atoms with van der Waals surface area (Å²) >= 11 is 1.80. The molecule has 0 aliphatic heterocycles. The van der Waals surface area contributed by atoms with Gasteiger partial charge in [-0.25, -0.2) is 4.98 Å². The highest BCUT2D eigenvalue weighted by atomic mass is 32.1. The standard InChI is InChI=1S/C24H41N3O2S/c1-7-10-13-25-23-26-20-16(5)19-21(28)17(15(4)22(29)27(8-2)9-3)11-12-24(19,6)14-18(20)30-23/h15-17,19,21,28H,7-14H2,1-6H3,(H,25,26)/t15-,16-,17-,19+,21-,24+/m0/s1. The number of anilines is 1. The van der Waals surface area contributed by atoms with Gasteiger partial charge < -0.3 is 15.3 Å². The number of hydrogen-bond donors (Lipinski definition) is 2. The van der Waals surface area contributed by atoms with Crippen LogP contribution in [0.15, 0.2) is 0 Å². The van der Waals surface area contributed by atoms with E-state index in [1.165, 1.54) is 17.0 Å². The summed E-state index contributed by atoms with van der Waals surface area (Å²) in [6.07, 6.45) is 4.85. The van der Waals surface area contributed by atoms with E-state index in [1.54, 1.807) is 11.3 Å². The largest absolute Gasteiger partial charge is 0.392 e. The lowest BCUT2D eigenvalue weighted by Gasteiger charge is -2.53. The topological polar surface area (TPSA) is 65.5 Å². The Morgan fingerprint density at radius 1 is 1.37 bits per heavy atom. The molecule has 170 valence electrons. The summed E-state index contributed by atoms with van der Waals surface area (Å²) in [6, 6.07) is 0. The van der Waals surface area contributed by atoms with Crippen LogP contribution < -0.4 is 5.32 Å². The fraction of sp³-hybridized carbons (Fsp3) is 0.833. The monoisotopic (exact) mass is 435 g/mol. The van der Waals surface area contributed by atoms with Crippen molar-refractivity contribution in [3.63, 3.8) is 0 Å². The van der Waals surface area contributed by atoms with Crippen LogP contribution in [0.3, 0.4) is 0 Å². The molecule has 1 saturated carbocycles. The van der Waals surface area contributed by atoms with Crippen molar-refractivity contribution < 1.29 is 9.90 Å². The van der Waals surface area contributed by atoms with Gasteiger partial charge in [-0.05, 0) is 56.8 Å². The molecule has 1 aromatic heterocycles. The van der Waals surface area contributed by atoms with Crippen molar-refractivity contribution in [1.29, 1.82) is 0 Å². The fourth-order valence-corrected chi connectivity index (χ4v) is 7.29. The van der Waals surface area contributed by atoms with Crippen molar-refractivity contribution >= 4 is 22.4 Å². The molecular weight excluding hydrogens is 394 g/mol. The Labute approximate surface area is 186 Å². The molecule has 0 aromatic carbocycles. The third-order valence-electron chi connectivity index (χ3n) is 7.84. The van der Waals surface area contributed by atoms with E-state index in [2.05, 4.69) is 26.1 Å². The number of aromatic nitrogens is 1. The maximum absolute atomic E-state index is 13.0. The summed E-state index contributed by atoms with van der Waals surface area (Å²) in [5, 5.41) is 16.1. The second-order valence-electron chi connectivity index (χ2n) is 9.75. The van der Waals surface area contributed by atoms with Gasteiger partial charge in [0.05, 0.1) is 11.8 Å². The van der Waals surface area contributed by atoms with Crippen LogP contribution in [-0.2, 0) is 11.2 Å². The molecule has 0 bridgehead atoms. The molecule has 30 heavy (non-hydrogen) atoms. The van der Waals surface area contributed by atoms with E-state index in [-0.39, 0.29) is 35.0 Å². The van der Waals surface area contributed by atoms with Gasteiger partial charge in [0.1, 0.15) is 0 Å². The van der Waals surface area contributed by atoms with Crippen LogP contribution >= 0.6 is 11.3 Å². The van der Waals surface area contributed by atoms with Crippen molar-refractivity contribution in [2.24, 2.45) is 23.2 Å². The van der Waals surface area contributed by atoms with E-state index in [0.29, 0.717) is 0 Å². The van der Waals surface area contributed by atoms with Crippen molar-refractivity contribution in [2.75, 3.05) is 25.0 Å². The van der Waals surface area contributed by atoms with Crippen LogP contribution in [0, 0.1) is 23.2 Å². The molecule has 0 radical (unpaired) electrons. The Hall–Kier alpha value is -1.14. The van der Waals surface area contributed by atoms with Gasteiger partial charge >= 0.3 is 0 Å². The number of rotatable bonds is 8. The molecule has 0 unspecified atom stereocenters. The average Bonchev–Trinajstić information content (AvgIpc) is 3.11. The smallest absolute Gasteiger partial charge is 0.225 e. The van der Waals surface area contributed by atoms with Crippen LogP contribution in [-0.4, -0.2) is 46.6 Å². The van der Waals surface area contributed by atoms with E-state index >= 15 is 0 Å². The second-order valence-corrected chi connectivity index (χ2v) is 10.8. The van der Waals surface area contributed by atoms with E-state index in [0.717, 1.165) is 50.4 Å². The van der Waals surface area contributed by atoms with Gasteiger partial charge in [0.25, 0.3) is 0 Å². The molecule has 1 aromatic rings. The predicted molar refractivity (Wildman–Crippen MR) is 125 cm³/mol. The summed E-state index contributed by atoms with van der Waals surface area (Å²) < 4.78 is 0. The minimum atomic E-state index is -0.459. The summed E-state index contributed by atoms with van der Waals surface area (Å²) in [5.41, 5.74) is 1.25. The highest BCUT2D eigenvalue weighted by molar-refractivity contribution is 7.15. The number of unbranched alkanes of at least 4 members (excludes halogenated alkanes) is 1. The first-order valence-electron chi connectivity index (χ1n) is 12.0. The summed E-state index contributed by atoms with van der Waals surface area (Å²) in [6.45, 7) is 15.3. The van der Waals surface area contributed by atoms with Gasteiger partial charge in [0.15, 0.2) is 5.13 Å². The zero-order valence-electron chi connectivity index (χ0n) is 19.7. The zero-order valence-corrected chi connectivity index (χ0v) is 20.5. The van der Waals surface area contributed by atoms with Gasteiger partial charge in [0, 0.05) is 36.3 Å². The first-order valence-corrected chi connectivity index (χ1v) is 12.8. The minimum Gasteiger partial charge on any atom is -0.392 e. The second kappa shape index (κ2) is 9.56. The predicted octanol–water partition coefficient (Wildman–Crippen LogP) is 4.91. The first-order chi connectivity index (χ1) is 14.3. The maximum Gasteiger partial charge on any atom is 0.225 e. The van der Waals surface area contributed by atoms with Gasteiger partial charge in [-0.2, -0.15) is 0 Å². The van der Waals surface area contributed by atoms with E-state index < -0.39 is 6.10 Å². The molecule has 0 spiro atoms. The lowest BCUT2D eigenvalue weighted by Crippen LogP contribution is -2.53. The van der Waals surface area contributed by atoms with Gasteiger partial charge in [-0.3, -0.25) is 4.79 Å². The highest BCUT2D eigenvalue weighted by Crippen LogP contribution is 2.57. The molecule has 1 heterocycles. The minimum absolute atomic E-state index is 0.0287. The number of nitrogens with zero attached hydrogens (tertiary/aromatic N) is 2. The number of aliphatic hydroxyl groups is 1. The van der Waals surface area contributed by atoms with Crippen LogP contribution in [0.1, 0.15) is 83.7 Å². The van der Waals surface area contributed by atoms with E-state index in [9.17, 15) is 9.90 Å². The van der Waals surface area contributed by atoms with E-state index in [1.807, 2.05) is 25.7 Å². The number of carbonyl (C=O) groups is 1. The SMILES string of the molecule is CCCCNc1nc2c(s1)C[C@@]1(C)CC[C@@H]([C@H](C)C(=O)N(CC)CC)[C@H](O)[C@H]1[C@@H]2C. The Bertz CT molecular complexity index is 732. The summed E-state index contributed by atoms with van der Waals surface area (Å²) in [7, 11) is 0. The van der Waals surface area contributed by atoms with Gasteiger partial charge in [0.2, 0.25) is 5.91 Å². The molecule has 2 aliphatic rings. The number of hydrogen-bond acceptors (Lipinski definition) is 5. The molecule has 2 N–H and O–H groups in total. The average molecular weight is 436 g/mol. The molecule has 0 saturated heterocycles. The first kappa shape index (κ1) is 23.5. The Morgan fingerprint density at radius 3 is 2.70 bits per heavy atom. The maximum atomic E-state index is 13.0. The zero-order chi connectivity index (χ0) is 22.1. The van der Waals surface area contributed by atoms with Gasteiger partial charge in [-0.15, -0.1) is 11.3 Å². The summed E-state index contributed by atoms with van der Waals surface area (Å²) in [5.74, 6) is 0.445. The Morgan fingerprint density at radius 2 is 2.07 bits per heavy atom. The number of fused-ring (bicyclic) bond motifs is 2. The normalized spacial score (nSPS) is 31.6. The van der Waals surface area contributed by atoms with Crippen LogP contribution in [0.4, 0.5) is 5.13 Å². The molecular formula is C24H41N3O2S. The van der Waals surface area contributed by atoms with E-state index in [4.69, 9.17) is 4.98 Å². The Kier molecular flexibility index (Phi) is 7.49. The Balaban J connectivity index is 1.81. The lowest BCUT2D eigenvalue weighted by molar-refractivity contribution is -0.144. The molecule has 1 amide bonds. The van der Waals surface area contributed by atoms with Crippen LogP contribution in [0.25, 0.3) is 0 Å². The van der Waals surface area contributed by atoms with Gasteiger partial charge in [-0.1, -0.05) is 34.1 Å². The molecule has 3 rings (SSSR count). The molecule has 6 atom stereocenters. The number of nitrogens with one attached hydrogen (secondary N) is 1. The fourth-order valence-electron chi connectivity index (χ4n) is 6.00. The van der Waals surface area contributed by atoms with Crippen molar-refractivity contribution in [3.05, 3.63) is 10.6 Å². The van der Waals surface area contributed by atoms with Crippen molar-refractivity contribution in [3.8, 4) is 0 Å². The van der Waals surface area contributed by atoms with Crippen LogP contribution in [0.2, 0.25) is 0 Å². The summed E-state index contributed by atoms with van der Waals surface area (Å²) in [4.78, 5) is 21.2. The lowest BCUT2D eigenvalue weighted by atomic mass is 9.53. The number of carbonyl (C=O) groups excluding carboxylic acids is 1. The third kappa shape index (κ3) is 4.27. The highest BCUT2D eigenvalue weighted by Gasteiger charge is 2.54.